The normalized spacial score (nSPS) is 9.30. The van der Waals surface area contributed by atoms with Crippen LogP contribution in [0.5, 0.6) is 0 Å². The van der Waals surface area contributed by atoms with Crippen LogP contribution >= 0.6 is 0 Å². The maximum atomic E-state index is 10.6. The van der Waals surface area contributed by atoms with Crippen LogP contribution in [-0.2, 0) is 4.79 Å². The van der Waals surface area contributed by atoms with Gasteiger partial charge in [0.2, 0.25) is 0 Å². The van der Waals surface area contributed by atoms with E-state index in [1.807, 2.05) is 27.7 Å². The Labute approximate surface area is 63.1 Å². The summed E-state index contributed by atoms with van der Waals surface area (Å²) < 4.78 is 0. The summed E-state index contributed by atoms with van der Waals surface area (Å²) in [5.41, 5.74) is 4.97. The molecule has 2 N–H and O–H groups in total. The summed E-state index contributed by atoms with van der Waals surface area (Å²) >= 11 is 0. The third kappa shape index (κ3) is 7.21. The Morgan fingerprint density at radius 1 is 1.40 bits per heavy atom. The second-order valence-corrected chi connectivity index (χ2v) is 1.92. The highest BCUT2D eigenvalue weighted by Crippen LogP contribution is 1.93. The number of carbonyl (C=O) groups excluding carboxylic acids is 1. The molecule has 10 heavy (non-hydrogen) atoms. The molecule has 0 rings (SSSR count). The fourth-order valence-electron chi connectivity index (χ4n) is 0.287. The molecule has 2 nitrogen and oxygen atoms in total. The van der Waals surface area contributed by atoms with E-state index in [9.17, 15) is 4.79 Å². The molecule has 0 bridgehead atoms. The number of rotatable bonds is 2. The minimum atomic E-state index is 0.0646. The Morgan fingerprint density at radius 3 is 1.90 bits per heavy atom. The predicted octanol–water partition coefficient (Wildman–Crippen LogP) is 1.71. The van der Waals surface area contributed by atoms with Gasteiger partial charge in [-0.2, -0.15) is 0 Å². The van der Waals surface area contributed by atoms with Crippen molar-refractivity contribution < 1.29 is 4.79 Å². The van der Waals surface area contributed by atoms with E-state index >= 15 is 0 Å². The lowest BCUT2D eigenvalue weighted by Crippen LogP contribution is -2.02. The van der Waals surface area contributed by atoms with Crippen molar-refractivity contribution in [3.8, 4) is 0 Å². The van der Waals surface area contributed by atoms with Gasteiger partial charge in [-0.3, -0.25) is 4.79 Å². The van der Waals surface area contributed by atoms with Crippen molar-refractivity contribution in [1.82, 2.24) is 0 Å². The first-order chi connectivity index (χ1) is 4.68. The predicted molar refractivity (Wildman–Crippen MR) is 44.5 cm³/mol. The van der Waals surface area contributed by atoms with E-state index in [0.29, 0.717) is 0 Å². The number of hydrogen-bond acceptors (Lipinski definition) is 2. The van der Waals surface area contributed by atoms with Gasteiger partial charge in [0.15, 0.2) is 5.78 Å². The Bertz CT molecular complexity index is 106. The van der Waals surface area contributed by atoms with Crippen molar-refractivity contribution in [2.24, 2.45) is 11.7 Å². The van der Waals surface area contributed by atoms with Crippen LogP contribution in [0.15, 0.2) is 12.3 Å². The summed E-state index contributed by atoms with van der Waals surface area (Å²) in [6.07, 6.45) is 2.65. The van der Waals surface area contributed by atoms with Gasteiger partial charge in [0.1, 0.15) is 0 Å². The minimum Gasteiger partial charge on any atom is -0.404 e. The van der Waals surface area contributed by atoms with Crippen LogP contribution < -0.4 is 5.73 Å². The summed E-state index contributed by atoms with van der Waals surface area (Å²) in [6, 6.07) is 0. The summed E-state index contributed by atoms with van der Waals surface area (Å²) in [4.78, 5) is 10.6. The fourth-order valence-corrected chi connectivity index (χ4v) is 0.287. The molecule has 0 saturated carbocycles. The van der Waals surface area contributed by atoms with Crippen molar-refractivity contribution in [2.75, 3.05) is 0 Å². The average molecular weight is 143 g/mol. The van der Waals surface area contributed by atoms with Gasteiger partial charge in [-0.25, -0.2) is 0 Å². The summed E-state index contributed by atoms with van der Waals surface area (Å²) in [5.74, 6) is 0.141. The molecule has 0 spiro atoms. The van der Waals surface area contributed by atoms with Gasteiger partial charge in [-0.05, 0) is 12.3 Å². The summed E-state index contributed by atoms with van der Waals surface area (Å²) in [7, 11) is 0. The average Bonchev–Trinajstić information content (AvgIpc) is 1.93. The highest BCUT2D eigenvalue weighted by atomic mass is 16.1. The molecule has 0 aliphatic heterocycles. The number of allylic oxidation sites excluding steroid dienone is 1. The van der Waals surface area contributed by atoms with Gasteiger partial charge < -0.3 is 5.73 Å². The third-order valence-electron chi connectivity index (χ3n) is 0.830. The van der Waals surface area contributed by atoms with Gasteiger partial charge in [-0.15, -0.1) is 0 Å². The zero-order valence-corrected chi connectivity index (χ0v) is 7.22. The Kier molecular flexibility index (Phi) is 9.80. The van der Waals surface area contributed by atoms with Crippen LogP contribution in [0.2, 0.25) is 0 Å². The topological polar surface area (TPSA) is 43.1 Å². The second kappa shape index (κ2) is 8.21. The molecule has 0 aromatic rings. The van der Waals surface area contributed by atoms with Gasteiger partial charge in [0.05, 0.1) is 0 Å². The highest BCUT2D eigenvalue weighted by Gasteiger charge is 1.99. The fraction of sp³-hybridized carbons (Fsp3) is 0.625. The molecule has 0 amide bonds. The van der Waals surface area contributed by atoms with Crippen molar-refractivity contribution in [3.05, 3.63) is 12.3 Å². The van der Waals surface area contributed by atoms with Crippen molar-refractivity contribution >= 4 is 5.78 Å². The summed E-state index contributed by atoms with van der Waals surface area (Å²) in [5, 5.41) is 0. The number of carbonyl (C=O) groups is 1. The van der Waals surface area contributed by atoms with Crippen LogP contribution in [-0.4, -0.2) is 5.78 Å². The first-order valence-corrected chi connectivity index (χ1v) is 3.60. The molecule has 60 valence electrons. The lowest BCUT2D eigenvalue weighted by Gasteiger charge is -1.93. The Morgan fingerprint density at radius 2 is 1.80 bits per heavy atom. The molecular weight excluding hydrogens is 126 g/mol. The first kappa shape index (κ1) is 11.9. The lowest BCUT2D eigenvalue weighted by molar-refractivity contribution is -0.117. The minimum absolute atomic E-state index is 0.0646. The molecule has 0 aliphatic carbocycles. The first-order valence-electron chi connectivity index (χ1n) is 3.60. The maximum Gasteiger partial charge on any atom is 0.159 e. The molecule has 0 aromatic heterocycles. The third-order valence-corrected chi connectivity index (χ3v) is 0.830. The van der Waals surface area contributed by atoms with Crippen LogP contribution in [0.4, 0.5) is 0 Å². The number of ketones is 1. The molecule has 2 heteroatoms. The van der Waals surface area contributed by atoms with Gasteiger partial charge in [0, 0.05) is 5.92 Å². The van der Waals surface area contributed by atoms with Gasteiger partial charge >= 0.3 is 0 Å². The molecular formula is C8H17NO. The van der Waals surface area contributed by atoms with Crippen LogP contribution in [0.3, 0.4) is 0 Å². The van der Waals surface area contributed by atoms with Crippen molar-refractivity contribution in [1.29, 1.82) is 0 Å². The lowest BCUT2D eigenvalue weighted by atomic mass is 10.1. The molecule has 0 fully saturated rings. The monoisotopic (exact) mass is 143 g/mol. The molecule has 0 aromatic carbocycles. The SMILES string of the molecule is CC.CC(C)C(=O)/C=C\N. The number of nitrogens with two attached hydrogens (primary N) is 1. The molecule has 0 heterocycles. The molecule has 0 atom stereocenters. The van der Waals surface area contributed by atoms with Gasteiger partial charge in [-0.1, -0.05) is 27.7 Å². The van der Waals surface area contributed by atoms with Crippen LogP contribution in [0, 0.1) is 5.92 Å². The molecule has 0 aliphatic rings. The van der Waals surface area contributed by atoms with E-state index in [2.05, 4.69) is 0 Å². The van der Waals surface area contributed by atoms with Crippen LogP contribution in [0.25, 0.3) is 0 Å². The highest BCUT2D eigenvalue weighted by molar-refractivity contribution is 5.90. The van der Waals surface area contributed by atoms with E-state index in [0.717, 1.165) is 0 Å². The van der Waals surface area contributed by atoms with Crippen molar-refractivity contribution in [2.45, 2.75) is 27.7 Å². The van der Waals surface area contributed by atoms with E-state index in [-0.39, 0.29) is 11.7 Å². The van der Waals surface area contributed by atoms with E-state index in [1.165, 1.54) is 12.3 Å². The molecule has 0 radical (unpaired) electrons. The maximum absolute atomic E-state index is 10.6. The second-order valence-electron chi connectivity index (χ2n) is 1.92. The Hall–Kier alpha value is -0.790. The van der Waals surface area contributed by atoms with E-state index < -0.39 is 0 Å². The van der Waals surface area contributed by atoms with Crippen LogP contribution in [0.1, 0.15) is 27.7 Å². The molecule has 0 unspecified atom stereocenters. The van der Waals surface area contributed by atoms with E-state index in [4.69, 9.17) is 5.73 Å². The van der Waals surface area contributed by atoms with E-state index in [1.54, 1.807) is 0 Å². The number of hydrogen-bond donors (Lipinski definition) is 1. The largest absolute Gasteiger partial charge is 0.404 e. The smallest absolute Gasteiger partial charge is 0.159 e. The van der Waals surface area contributed by atoms with Crippen molar-refractivity contribution in [3.63, 3.8) is 0 Å². The zero-order chi connectivity index (χ0) is 8.57. The van der Waals surface area contributed by atoms with Gasteiger partial charge in [0.25, 0.3) is 0 Å². The molecule has 0 saturated heterocycles. The standard InChI is InChI=1S/C6H11NO.C2H6/c1-5(2)6(8)3-4-7;1-2/h3-5H,7H2,1-2H3;1-2H3/b4-3-;. The Balaban J connectivity index is 0. The quantitative estimate of drug-likeness (QED) is 0.598. The summed E-state index contributed by atoms with van der Waals surface area (Å²) in [6.45, 7) is 7.67. The zero-order valence-electron chi connectivity index (χ0n) is 7.22.